The summed E-state index contributed by atoms with van der Waals surface area (Å²) in [6.45, 7) is 4.28. The molecule has 0 radical (unpaired) electrons. The topological polar surface area (TPSA) is 71.0 Å². The third kappa shape index (κ3) is 5.09. The zero-order chi connectivity index (χ0) is 28.3. The number of methoxy groups -OCH3 is 1. The Morgan fingerprint density at radius 1 is 1.15 bits per heavy atom. The van der Waals surface area contributed by atoms with Gasteiger partial charge >= 0.3 is 12.2 Å². The fourth-order valence-corrected chi connectivity index (χ4v) is 7.49. The molecule has 0 aliphatic carbocycles. The first-order chi connectivity index (χ1) is 19.0. The van der Waals surface area contributed by atoms with Crippen LogP contribution in [0.1, 0.15) is 44.6 Å². The number of nitrogens with zero attached hydrogens (tertiary/aromatic N) is 4. The second-order valence-corrected chi connectivity index (χ2v) is 12.5. The lowest BCUT2D eigenvalue weighted by atomic mass is 9.95. The highest BCUT2D eigenvalue weighted by atomic mass is 32.1. The van der Waals surface area contributed by atoms with Gasteiger partial charge in [-0.1, -0.05) is 0 Å². The number of aromatic nitrogens is 2. The van der Waals surface area contributed by atoms with Crippen LogP contribution >= 0.6 is 11.3 Å². The maximum Gasteiger partial charge on any atom is 0.416 e. The molecule has 1 aromatic carbocycles. The SMILES string of the molecule is COc1ccc(C(F)(F)F)cc1-c1cc2c(N3CCC[C@@](C)(O)C3)nc(OC[C@@]34CCCN3C[C@H](F)C4)nc2s1. The van der Waals surface area contributed by atoms with Gasteiger partial charge in [-0.15, -0.1) is 11.3 Å². The van der Waals surface area contributed by atoms with Crippen molar-refractivity contribution in [2.24, 2.45) is 0 Å². The van der Waals surface area contributed by atoms with Gasteiger partial charge in [0.15, 0.2) is 0 Å². The molecule has 3 aliphatic heterocycles. The van der Waals surface area contributed by atoms with Crippen molar-refractivity contribution in [1.29, 1.82) is 0 Å². The number of β-amino-alcohol motifs (C(OH)–C–C–N with tert-alkyl or cyclic N) is 1. The third-order valence-corrected chi connectivity index (χ3v) is 9.41. The van der Waals surface area contributed by atoms with Crippen LogP contribution < -0.4 is 14.4 Å². The highest BCUT2D eigenvalue weighted by Crippen LogP contribution is 2.44. The molecule has 3 aliphatic rings. The van der Waals surface area contributed by atoms with Gasteiger partial charge in [0.1, 0.15) is 29.2 Å². The fraction of sp³-hybridized carbons (Fsp3) is 0.571. The number of piperidine rings is 1. The molecule has 3 fully saturated rings. The summed E-state index contributed by atoms with van der Waals surface area (Å²) < 4.78 is 66.5. The van der Waals surface area contributed by atoms with E-state index in [9.17, 15) is 22.7 Å². The van der Waals surface area contributed by atoms with E-state index >= 15 is 0 Å². The van der Waals surface area contributed by atoms with Crippen LogP contribution in [0.25, 0.3) is 20.7 Å². The van der Waals surface area contributed by atoms with Crippen LogP contribution in [-0.2, 0) is 6.18 Å². The Bertz CT molecular complexity index is 1410. The van der Waals surface area contributed by atoms with Crippen molar-refractivity contribution >= 4 is 27.4 Å². The van der Waals surface area contributed by atoms with Gasteiger partial charge in [0.25, 0.3) is 0 Å². The van der Waals surface area contributed by atoms with Gasteiger partial charge in [0.2, 0.25) is 0 Å². The normalized spacial score (nSPS) is 27.4. The monoisotopic (exact) mass is 580 g/mol. The van der Waals surface area contributed by atoms with E-state index in [1.165, 1.54) is 24.5 Å². The van der Waals surface area contributed by atoms with Gasteiger partial charge in [-0.3, -0.25) is 4.90 Å². The smallest absolute Gasteiger partial charge is 0.416 e. The average Bonchev–Trinajstić information content (AvgIpc) is 3.57. The molecule has 3 aromatic rings. The van der Waals surface area contributed by atoms with Crippen molar-refractivity contribution in [3.8, 4) is 22.2 Å². The lowest BCUT2D eigenvalue weighted by Crippen LogP contribution is -2.46. The van der Waals surface area contributed by atoms with Crippen LogP contribution in [0, 0.1) is 0 Å². The molecule has 0 unspecified atom stereocenters. The molecule has 40 heavy (non-hydrogen) atoms. The maximum atomic E-state index is 14.3. The molecule has 2 aromatic heterocycles. The first-order valence-electron chi connectivity index (χ1n) is 13.5. The van der Waals surface area contributed by atoms with Crippen LogP contribution in [0.3, 0.4) is 0 Å². The maximum absolute atomic E-state index is 14.3. The molecular formula is C28H32F4N4O3S. The minimum absolute atomic E-state index is 0.139. The lowest BCUT2D eigenvalue weighted by molar-refractivity contribution is -0.137. The summed E-state index contributed by atoms with van der Waals surface area (Å²) in [6, 6.07) is 5.32. The summed E-state index contributed by atoms with van der Waals surface area (Å²) in [6.07, 6.45) is -1.75. The van der Waals surface area contributed by atoms with Crippen molar-refractivity contribution in [2.75, 3.05) is 44.8 Å². The molecule has 12 heteroatoms. The molecule has 0 saturated carbocycles. The third-order valence-electron chi connectivity index (χ3n) is 8.35. The number of hydrogen-bond acceptors (Lipinski definition) is 8. The van der Waals surface area contributed by atoms with E-state index in [4.69, 9.17) is 14.5 Å². The van der Waals surface area contributed by atoms with Crippen molar-refractivity contribution in [1.82, 2.24) is 14.9 Å². The number of benzene rings is 1. The van der Waals surface area contributed by atoms with Crippen LogP contribution in [-0.4, -0.2) is 77.2 Å². The lowest BCUT2D eigenvalue weighted by Gasteiger charge is -2.37. The largest absolute Gasteiger partial charge is 0.496 e. The molecule has 6 rings (SSSR count). The highest BCUT2D eigenvalue weighted by Gasteiger charge is 2.49. The van der Waals surface area contributed by atoms with Gasteiger partial charge in [-0.25, -0.2) is 4.39 Å². The van der Waals surface area contributed by atoms with Gasteiger partial charge in [0, 0.05) is 36.5 Å². The molecular weight excluding hydrogens is 548 g/mol. The minimum Gasteiger partial charge on any atom is -0.496 e. The summed E-state index contributed by atoms with van der Waals surface area (Å²) in [4.78, 5) is 14.6. The Morgan fingerprint density at radius 3 is 2.70 bits per heavy atom. The van der Waals surface area contributed by atoms with E-state index in [0.717, 1.165) is 37.9 Å². The zero-order valence-corrected chi connectivity index (χ0v) is 23.2. The summed E-state index contributed by atoms with van der Waals surface area (Å²) in [5, 5.41) is 11.5. The van der Waals surface area contributed by atoms with E-state index in [0.29, 0.717) is 64.7 Å². The quantitative estimate of drug-likeness (QED) is 0.376. The van der Waals surface area contributed by atoms with Gasteiger partial charge in [0.05, 0.1) is 29.2 Å². The number of thiophene rings is 1. The van der Waals surface area contributed by atoms with Crippen molar-refractivity contribution in [2.45, 2.75) is 62.5 Å². The number of aliphatic hydroxyl groups is 1. The number of rotatable bonds is 6. The number of anilines is 1. The van der Waals surface area contributed by atoms with Crippen molar-refractivity contribution < 1.29 is 32.1 Å². The Morgan fingerprint density at radius 2 is 1.95 bits per heavy atom. The summed E-state index contributed by atoms with van der Waals surface area (Å²) in [5.41, 5.74) is -1.76. The van der Waals surface area contributed by atoms with E-state index in [2.05, 4.69) is 9.88 Å². The molecule has 0 spiro atoms. The van der Waals surface area contributed by atoms with Crippen LogP contribution in [0.15, 0.2) is 24.3 Å². The van der Waals surface area contributed by atoms with E-state index in [1.807, 2.05) is 4.90 Å². The number of ether oxygens (including phenoxy) is 2. The van der Waals surface area contributed by atoms with Crippen LogP contribution in [0.4, 0.5) is 23.4 Å². The predicted octanol–water partition coefficient (Wildman–Crippen LogP) is 5.69. The molecule has 5 heterocycles. The Labute approximate surface area is 233 Å². The van der Waals surface area contributed by atoms with Gasteiger partial charge < -0.3 is 19.5 Å². The molecule has 7 nitrogen and oxygen atoms in total. The van der Waals surface area contributed by atoms with Gasteiger partial charge in [-0.05, 0) is 63.4 Å². The molecule has 1 N–H and O–H groups in total. The number of fused-ring (bicyclic) bond motifs is 2. The predicted molar refractivity (Wildman–Crippen MR) is 145 cm³/mol. The Kier molecular flexibility index (Phi) is 6.86. The second kappa shape index (κ2) is 9.99. The fourth-order valence-electron chi connectivity index (χ4n) is 6.45. The first-order valence-corrected chi connectivity index (χ1v) is 14.3. The first kappa shape index (κ1) is 27.5. The second-order valence-electron chi connectivity index (χ2n) is 11.5. The Balaban J connectivity index is 1.41. The number of alkyl halides is 4. The summed E-state index contributed by atoms with van der Waals surface area (Å²) in [5.74, 6) is 0.873. The van der Waals surface area contributed by atoms with Crippen molar-refractivity contribution in [3.05, 3.63) is 29.8 Å². The summed E-state index contributed by atoms with van der Waals surface area (Å²) in [7, 11) is 1.42. The Hall–Kier alpha value is -2.70. The molecule has 0 amide bonds. The van der Waals surface area contributed by atoms with Gasteiger partial charge in [-0.2, -0.15) is 23.1 Å². The molecule has 0 bridgehead atoms. The molecule has 3 saturated heterocycles. The average molecular weight is 581 g/mol. The van der Waals surface area contributed by atoms with E-state index in [-0.39, 0.29) is 18.2 Å². The molecule has 216 valence electrons. The standard InChI is InChI=1S/C28H32F4N4O3S/c1-26(37)7-3-9-35(15-26)23-20-12-22(19-11-17(28(30,31)32)5-6-21(19)38-2)40-24(20)34-25(33-23)39-16-27-8-4-10-36(27)14-18(29)13-27/h5-6,11-12,18,37H,3-4,7-10,13-16H2,1-2H3/t18-,26-,27+/m1/s1. The van der Waals surface area contributed by atoms with E-state index in [1.54, 1.807) is 13.0 Å². The van der Waals surface area contributed by atoms with E-state index < -0.39 is 23.5 Å². The van der Waals surface area contributed by atoms with Crippen LogP contribution in [0.5, 0.6) is 11.8 Å². The minimum atomic E-state index is -4.50. The summed E-state index contributed by atoms with van der Waals surface area (Å²) >= 11 is 1.23. The molecule has 3 atom stereocenters. The number of halogens is 4. The number of hydrogen-bond donors (Lipinski definition) is 1. The zero-order valence-electron chi connectivity index (χ0n) is 22.4. The highest BCUT2D eigenvalue weighted by molar-refractivity contribution is 7.22. The van der Waals surface area contributed by atoms with Crippen molar-refractivity contribution in [3.63, 3.8) is 0 Å². The van der Waals surface area contributed by atoms with Crippen LogP contribution in [0.2, 0.25) is 0 Å².